The van der Waals surface area contributed by atoms with Gasteiger partial charge in [-0.15, -0.1) is 0 Å². The van der Waals surface area contributed by atoms with E-state index in [0.29, 0.717) is 11.7 Å². The van der Waals surface area contributed by atoms with Crippen molar-refractivity contribution >= 4 is 0 Å². The third-order valence-corrected chi connectivity index (χ3v) is 3.17. The van der Waals surface area contributed by atoms with Crippen LogP contribution in [-0.2, 0) is 0 Å². The van der Waals surface area contributed by atoms with Crippen LogP contribution in [0.5, 0.6) is 5.75 Å². The quantitative estimate of drug-likeness (QED) is 0.827. The van der Waals surface area contributed by atoms with E-state index in [2.05, 4.69) is 31.2 Å². The van der Waals surface area contributed by atoms with Crippen LogP contribution in [0.2, 0.25) is 0 Å². The highest BCUT2D eigenvalue weighted by atomic mass is 16.3. The number of phenolic OH excluding ortho intramolecular Hbond substituents is 1. The molecule has 0 aliphatic heterocycles. The lowest BCUT2D eigenvalue weighted by molar-refractivity contribution is 0.475. The summed E-state index contributed by atoms with van der Waals surface area (Å²) in [4.78, 5) is 0. The third-order valence-electron chi connectivity index (χ3n) is 3.17. The van der Waals surface area contributed by atoms with Crippen molar-refractivity contribution in [3.63, 3.8) is 0 Å². The van der Waals surface area contributed by atoms with Gasteiger partial charge in [0, 0.05) is 0 Å². The lowest BCUT2D eigenvalue weighted by Gasteiger charge is -2.10. The predicted octanol–water partition coefficient (Wildman–Crippen LogP) is 4.54. The van der Waals surface area contributed by atoms with Gasteiger partial charge in [-0.05, 0) is 41.2 Å². The van der Waals surface area contributed by atoms with Gasteiger partial charge in [0.2, 0.25) is 0 Å². The summed E-state index contributed by atoms with van der Waals surface area (Å²) in [5.74, 6) is 0.742. The molecule has 1 nitrogen and oxygen atoms in total. The van der Waals surface area contributed by atoms with E-state index in [4.69, 9.17) is 6.58 Å². The summed E-state index contributed by atoms with van der Waals surface area (Å²) in [6, 6.07) is 15.7. The fraction of sp³-hybridized carbons (Fsp3) is 0.176. The number of rotatable bonds is 4. The summed E-state index contributed by atoms with van der Waals surface area (Å²) in [6.07, 6.45) is 2.59. The fourth-order valence-corrected chi connectivity index (χ4v) is 2.00. The molecule has 1 radical (unpaired) electrons. The van der Waals surface area contributed by atoms with Crippen LogP contribution in [0.4, 0.5) is 0 Å². The zero-order chi connectivity index (χ0) is 13.0. The van der Waals surface area contributed by atoms with Crippen LogP contribution in [0.1, 0.15) is 24.8 Å². The van der Waals surface area contributed by atoms with Crippen LogP contribution >= 0.6 is 0 Å². The molecule has 0 spiro atoms. The van der Waals surface area contributed by atoms with E-state index in [9.17, 15) is 5.11 Å². The number of phenols is 1. The highest BCUT2D eigenvalue weighted by Crippen LogP contribution is 2.25. The number of hydrogen-bond acceptors (Lipinski definition) is 1. The molecular formula is C17H17O. The largest absolute Gasteiger partial charge is 0.508 e. The van der Waals surface area contributed by atoms with E-state index >= 15 is 0 Å². The van der Waals surface area contributed by atoms with E-state index < -0.39 is 0 Å². The molecule has 0 amide bonds. The normalized spacial score (nSPS) is 12.1. The summed E-state index contributed by atoms with van der Waals surface area (Å²) in [7, 11) is 0. The van der Waals surface area contributed by atoms with E-state index in [1.54, 1.807) is 18.2 Å². The van der Waals surface area contributed by atoms with Crippen LogP contribution in [0.15, 0.2) is 54.6 Å². The van der Waals surface area contributed by atoms with Gasteiger partial charge in [0.1, 0.15) is 5.75 Å². The lowest BCUT2D eigenvalue weighted by atomic mass is 9.95. The van der Waals surface area contributed by atoms with Gasteiger partial charge in [0.25, 0.3) is 0 Å². The lowest BCUT2D eigenvalue weighted by Crippen LogP contribution is -1.91. The van der Waals surface area contributed by atoms with Gasteiger partial charge in [0.15, 0.2) is 0 Å². The molecule has 1 heteroatoms. The molecule has 2 rings (SSSR count). The Kier molecular flexibility index (Phi) is 3.83. The van der Waals surface area contributed by atoms with Crippen LogP contribution in [0.3, 0.4) is 0 Å². The molecule has 91 valence electrons. The Hall–Kier alpha value is -2.02. The summed E-state index contributed by atoms with van der Waals surface area (Å²) in [5.41, 5.74) is 3.55. The number of allylic oxidation sites excluding steroid dienone is 1. The van der Waals surface area contributed by atoms with Crippen molar-refractivity contribution in [2.75, 3.05) is 0 Å². The van der Waals surface area contributed by atoms with Crippen LogP contribution < -0.4 is 0 Å². The Morgan fingerprint density at radius 3 is 2.00 bits per heavy atom. The smallest absolute Gasteiger partial charge is 0.115 e. The van der Waals surface area contributed by atoms with E-state index in [1.165, 1.54) is 5.56 Å². The first-order valence-corrected chi connectivity index (χ1v) is 6.13. The molecule has 1 atom stereocenters. The maximum absolute atomic E-state index is 9.26. The van der Waals surface area contributed by atoms with Crippen molar-refractivity contribution in [2.45, 2.75) is 19.3 Å². The SMILES string of the molecule is [CH]=CCC(C)c1ccc(-c2ccc(O)cc2)cc1. The Bertz CT molecular complexity index is 508. The number of aromatic hydroxyl groups is 1. The first-order valence-electron chi connectivity index (χ1n) is 6.13. The molecule has 0 heterocycles. The number of benzene rings is 2. The maximum Gasteiger partial charge on any atom is 0.115 e. The van der Waals surface area contributed by atoms with Crippen LogP contribution in [-0.4, -0.2) is 5.11 Å². The standard InChI is InChI=1S/C17H17O/c1-3-4-13(2)14-5-7-15(8-6-14)16-9-11-17(18)12-10-16/h1,3,5-13,18H,4H2,2H3. The highest BCUT2D eigenvalue weighted by molar-refractivity contribution is 5.64. The average Bonchev–Trinajstić information content (AvgIpc) is 2.40. The van der Waals surface area contributed by atoms with Crippen LogP contribution in [0, 0.1) is 6.58 Å². The second-order valence-corrected chi connectivity index (χ2v) is 4.54. The van der Waals surface area contributed by atoms with Crippen molar-refractivity contribution in [3.05, 3.63) is 66.7 Å². The molecule has 1 N–H and O–H groups in total. The molecule has 0 aliphatic carbocycles. The van der Waals surface area contributed by atoms with E-state index in [-0.39, 0.29) is 0 Å². The molecular weight excluding hydrogens is 220 g/mol. The van der Waals surface area contributed by atoms with Gasteiger partial charge in [-0.3, -0.25) is 0 Å². The second kappa shape index (κ2) is 5.54. The molecule has 0 saturated heterocycles. The van der Waals surface area contributed by atoms with Crippen LogP contribution in [0.25, 0.3) is 11.1 Å². The molecule has 1 unspecified atom stereocenters. The van der Waals surface area contributed by atoms with Gasteiger partial charge >= 0.3 is 0 Å². The minimum Gasteiger partial charge on any atom is -0.508 e. The molecule has 2 aromatic carbocycles. The van der Waals surface area contributed by atoms with E-state index in [0.717, 1.165) is 17.5 Å². The predicted molar refractivity (Wildman–Crippen MR) is 75.4 cm³/mol. The topological polar surface area (TPSA) is 20.2 Å². The average molecular weight is 237 g/mol. The van der Waals surface area contributed by atoms with Gasteiger partial charge < -0.3 is 5.11 Å². The highest BCUT2D eigenvalue weighted by Gasteiger charge is 2.04. The third kappa shape index (κ3) is 2.80. The number of hydrogen-bond donors (Lipinski definition) is 1. The minimum absolute atomic E-state index is 0.294. The monoisotopic (exact) mass is 237 g/mol. The Labute approximate surface area is 108 Å². The summed E-state index contributed by atoms with van der Waals surface area (Å²) < 4.78 is 0. The minimum atomic E-state index is 0.294. The second-order valence-electron chi connectivity index (χ2n) is 4.54. The Balaban J connectivity index is 2.21. The van der Waals surface area contributed by atoms with Gasteiger partial charge in [-0.1, -0.05) is 56.0 Å². The molecule has 0 aliphatic rings. The summed E-state index contributed by atoms with van der Waals surface area (Å²) in [6.45, 7) is 7.62. The summed E-state index contributed by atoms with van der Waals surface area (Å²) >= 11 is 0. The molecule has 0 aromatic heterocycles. The Morgan fingerprint density at radius 2 is 1.50 bits per heavy atom. The maximum atomic E-state index is 9.26. The first-order chi connectivity index (χ1) is 8.70. The van der Waals surface area contributed by atoms with Gasteiger partial charge in [-0.25, -0.2) is 0 Å². The molecule has 2 aromatic rings. The van der Waals surface area contributed by atoms with E-state index in [1.807, 2.05) is 12.1 Å². The molecule has 0 fully saturated rings. The first kappa shape index (κ1) is 12.4. The van der Waals surface area contributed by atoms with Crippen molar-refractivity contribution in [1.82, 2.24) is 0 Å². The molecule has 0 saturated carbocycles. The van der Waals surface area contributed by atoms with Crippen molar-refractivity contribution < 1.29 is 5.11 Å². The van der Waals surface area contributed by atoms with Gasteiger partial charge in [0.05, 0.1) is 0 Å². The molecule has 0 bridgehead atoms. The van der Waals surface area contributed by atoms with Crippen molar-refractivity contribution in [3.8, 4) is 16.9 Å². The molecule has 18 heavy (non-hydrogen) atoms. The Morgan fingerprint density at radius 1 is 1.00 bits per heavy atom. The zero-order valence-electron chi connectivity index (χ0n) is 10.5. The summed E-state index contributed by atoms with van der Waals surface area (Å²) in [5, 5.41) is 9.26. The van der Waals surface area contributed by atoms with Gasteiger partial charge in [-0.2, -0.15) is 0 Å². The zero-order valence-corrected chi connectivity index (χ0v) is 10.5. The van der Waals surface area contributed by atoms with Crippen molar-refractivity contribution in [2.24, 2.45) is 0 Å². The fourth-order valence-electron chi connectivity index (χ4n) is 2.00. The van der Waals surface area contributed by atoms with Crippen molar-refractivity contribution in [1.29, 1.82) is 0 Å².